The molecule has 0 aliphatic carbocycles. The molecule has 0 unspecified atom stereocenters. The van der Waals surface area contributed by atoms with E-state index < -0.39 is 0 Å². The van der Waals surface area contributed by atoms with E-state index in [1.807, 2.05) is 19.1 Å². The van der Waals surface area contributed by atoms with Gasteiger partial charge in [0.2, 0.25) is 5.91 Å². The summed E-state index contributed by atoms with van der Waals surface area (Å²) < 4.78 is 5.14. The van der Waals surface area contributed by atoms with Crippen molar-refractivity contribution in [3.05, 3.63) is 64.7 Å². The number of anilines is 1. The molecule has 2 aromatic rings. The van der Waals surface area contributed by atoms with Crippen LogP contribution in [0.2, 0.25) is 5.02 Å². The third-order valence-electron chi connectivity index (χ3n) is 3.39. The summed E-state index contributed by atoms with van der Waals surface area (Å²) >= 11 is 5.91. The first kappa shape index (κ1) is 18.0. The third kappa shape index (κ3) is 5.70. The van der Waals surface area contributed by atoms with Crippen molar-refractivity contribution in [1.82, 2.24) is 0 Å². The van der Waals surface area contributed by atoms with E-state index in [-0.39, 0.29) is 18.3 Å². The zero-order valence-corrected chi connectivity index (χ0v) is 14.3. The minimum absolute atomic E-state index is 0.143. The Morgan fingerprint density at radius 1 is 1.12 bits per heavy atom. The van der Waals surface area contributed by atoms with E-state index in [0.29, 0.717) is 22.9 Å². The fraction of sp³-hybridized carbons (Fsp3) is 0.263. The minimum atomic E-state index is -0.347. The van der Waals surface area contributed by atoms with Crippen LogP contribution >= 0.6 is 11.6 Å². The third-order valence-corrected chi connectivity index (χ3v) is 3.62. The van der Waals surface area contributed by atoms with E-state index >= 15 is 0 Å². The molecular formula is C19H20ClNO3. The Balaban J connectivity index is 1.89. The number of ether oxygens (including phenoxy) is 1. The van der Waals surface area contributed by atoms with Crippen molar-refractivity contribution in [3.63, 3.8) is 0 Å². The average molecular weight is 346 g/mol. The van der Waals surface area contributed by atoms with E-state index in [9.17, 15) is 9.59 Å². The van der Waals surface area contributed by atoms with Crippen LogP contribution in [0, 0.1) is 0 Å². The Labute approximate surface area is 146 Å². The number of nitrogens with one attached hydrogen (secondary N) is 1. The second-order valence-corrected chi connectivity index (χ2v) is 5.86. The monoisotopic (exact) mass is 345 g/mol. The van der Waals surface area contributed by atoms with Gasteiger partial charge in [0.1, 0.15) is 0 Å². The Morgan fingerprint density at radius 3 is 2.54 bits per heavy atom. The van der Waals surface area contributed by atoms with Gasteiger partial charge in [-0.15, -0.1) is 0 Å². The Kier molecular flexibility index (Phi) is 6.82. The molecule has 0 bridgehead atoms. The van der Waals surface area contributed by atoms with Gasteiger partial charge in [-0.3, -0.25) is 4.79 Å². The highest BCUT2D eigenvalue weighted by atomic mass is 35.5. The molecule has 0 heterocycles. The molecule has 0 atom stereocenters. The van der Waals surface area contributed by atoms with Crippen molar-refractivity contribution >= 4 is 29.2 Å². The molecule has 0 saturated carbocycles. The molecule has 2 aromatic carbocycles. The molecule has 0 aromatic heterocycles. The van der Waals surface area contributed by atoms with Gasteiger partial charge in [-0.25, -0.2) is 4.79 Å². The summed E-state index contributed by atoms with van der Waals surface area (Å²) in [6.07, 6.45) is 2.07. The van der Waals surface area contributed by atoms with Gasteiger partial charge in [0.25, 0.3) is 0 Å². The number of rotatable bonds is 7. The number of halogens is 1. The summed E-state index contributed by atoms with van der Waals surface area (Å²) in [7, 11) is 0. The largest absolute Gasteiger partial charge is 0.462 e. The maximum Gasteiger partial charge on any atom is 0.338 e. The van der Waals surface area contributed by atoms with Gasteiger partial charge in [0.15, 0.2) is 0 Å². The fourth-order valence-corrected chi connectivity index (χ4v) is 2.33. The van der Waals surface area contributed by atoms with Crippen molar-refractivity contribution < 1.29 is 14.3 Å². The maximum absolute atomic E-state index is 12.0. The molecule has 0 fully saturated rings. The van der Waals surface area contributed by atoms with Crippen LogP contribution in [0.25, 0.3) is 0 Å². The van der Waals surface area contributed by atoms with E-state index in [2.05, 4.69) is 5.32 Å². The number of benzene rings is 2. The van der Waals surface area contributed by atoms with Gasteiger partial charge in [-0.05, 0) is 48.4 Å². The van der Waals surface area contributed by atoms with E-state index in [1.165, 1.54) is 0 Å². The summed E-state index contributed by atoms with van der Waals surface area (Å²) in [5.74, 6) is -0.490. The first-order chi connectivity index (χ1) is 11.6. The SMILES string of the molecule is CCCCOC(=O)c1ccc(NC(=O)Cc2cccc(Cl)c2)cc1. The van der Waals surface area contributed by atoms with Crippen molar-refractivity contribution in [3.8, 4) is 0 Å². The lowest BCUT2D eigenvalue weighted by atomic mass is 10.1. The predicted molar refractivity (Wildman–Crippen MR) is 95.4 cm³/mol. The lowest BCUT2D eigenvalue weighted by Gasteiger charge is -2.07. The summed E-state index contributed by atoms with van der Waals surface area (Å²) in [5, 5.41) is 3.40. The van der Waals surface area contributed by atoms with Gasteiger partial charge in [-0.1, -0.05) is 37.1 Å². The van der Waals surface area contributed by atoms with Crippen molar-refractivity contribution in [2.45, 2.75) is 26.2 Å². The van der Waals surface area contributed by atoms with Crippen LogP contribution in [-0.4, -0.2) is 18.5 Å². The van der Waals surface area contributed by atoms with Gasteiger partial charge in [0, 0.05) is 10.7 Å². The number of unbranched alkanes of at least 4 members (excludes halogenated alkanes) is 1. The second-order valence-electron chi connectivity index (χ2n) is 5.42. The van der Waals surface area contributed by atoms with Crippen LogP contribution in [0.1, 0.15) is 35.7 Å². The maximum atomic E-state index is 12.0. The first-order valence-electron chi connectivity index (χ1n) is 7.90. The molecule has 0 aliphatic heterocycles. The predicted octanol–water partition coefficient (Wildman–Crippen LogP) is 4.48. The second kappa shape index (κ2) is 9.08. The van der Waals surface area contributed by atoms with E-state index in [1.54, 1.807) is 36.4 Å². The molecule has 5 heteroatoms. The van der Waals surface area contributed by atoms with Crippen LogP contribution < -0.4 is 5.32 Å². The minimum Gasteiger partial charge on any atom is -0.462 e. The zero-order chi connectivity index (χ0) is 17.4. The number of hydrogen-bond acceptors (Lipinski definition) is 3. The zero-order valence-electron chi connectivity index (χ0n) is 13.5. The van der Waals surface area contributed by atoms with Gasteiger partial charge in [0.05, 0.1) is 18.6 Å². The molecule has 0 saturated heterocycles. The molecule has 0 spiro atoms. The Hall–Kier alpha value is -2.33. The average Bonchev–Trinajstić information content (AvgIpc) is 2.55. The highest BCUT2D eigenvalue weighted by molar-refractivity contribution is 6.30. The van der Waals surface area contributed by atoms with Crippen LogP contribution in [0.5, 0.6) is 0 Å². The number of carbonyl (C=O) groups excluding carboxylic acids is 2. The van der Waals surface area contributed by atoms with Gasteiger partial charge >= 0.3 is 5.97 Å². The van der Waals surface area contributed by atoms with Crippen LogP contribution in [0.15, 0.2) is 48.5 Å². The number of esters is 1. The smallest absolute Gasteiger partial charge is 0.338 e. The lowest BCUT2D eigenvalue weighted by molar-refractivity contribution is -0.115. The molecule has 0 radical (unpaired) electrons. The normalized spacial score (nSPS) is 10.2. The van der Waals surface area contributed by atoms with Crippen molar-refractivity contribution in [2.24, 2.45) is 0 Å². The fourth-order valence-electron chi connectivity index (χ4n) is 2.12. The van der Waals surface area contributed by atoms with Crippen LogP contribution in [-0.2, 0) is 16.0 Å². The van der Waals surface area contributed by atoms with Crippen LogP contribution in [0.3, 0.4) is 0 Å². The quantitative estimate of drug-likeness (QED) is 0.594. The topological polar surface area (TPSA) is 55.4 Å². The molecule has 0 aliphatic rings. The molecule has 24 heavy (non-hydrogen) atoms. The molecule has 1 N–H and O–H groups in total. The van der Waals surface area contributed by atoms with Crippen LogP contribution in [0.4, 0.5) is 5.69 Å². The van der Waals surface area contributed by atoms with E-state index in [0.717, 1.165) is 18.4 Å². The molecular weight excluding hydrogens is 326 g/mol. The summed E-state index contributed by atoms with van der Waals surface area (Å²) in [6.45, 7) is 2.46. The summed E-state index contributed by atoms with van der Waals surface area (Å²) in [5.41, 5.74) is 1.95. The molecule has 4 nitrogen and oxygen atoms in total. The highest BCUT2D eigenvalue weighted by Gasteiger charge is 2.08. The summed E-state index contributed by atoms with van der Waals surface area (Å²) in [6, 6.07) is 13.8. The van der Waals surface area contributed by atoms with E-state index in [4.69, 9.17) is 16.3 Å². The number of hydrogen-bond donors (Lipinski definition) is 1. The van der Waals surface area contributed by atoms with Gasteiger partial charge < -0.3 is 10.1 Å². The molecule has 1 amide bonds. The Morgan fingerprint density at radius 2 is 1.88 bits per heavy atom. The number of amides is 1. The number of carbonyl (C=O) groups is 2. The van der Waals surface area contributed by atoms with Gasteiger partial charge in [-0.2, -0.15) is 0 Å². The molecule has 2 rings (SSSR count). The summed E-state index contributed by atoms with van der Waals surface area (Å²) in [4.78, 5) is 23.8. The molecule has 126 valence electrons. The first-order valence-corrected chi connectivity index (χ1v) is 8.27. The lowest BCUT2D eigenvalue weighted by Crippen LogP contribution is -2.14. The van der Waals surface area contributed by atoms with Crippen molar-refractivity contribution in [1.29, 1.82) is 0 Å². The standard InChI is InChI=1S/C19H20ClNO3/c1-2-3-11-24-19(23)15-7-9-17(10-8-15)21-18(22)13-14-5-4-6-16(20)12-14/h4-10,12H,2-3,11,13H2,1H3,(H,21,22). The Bertz CT molecular complexity index is 698. The highest BCUT2D eigenvalue weighted by Crippen LogP contribution is 2.14. The van der Waals surface area contributed by atoms with Crippen molar-refractivity contribution in [2.75, 3.05) is 11.9 Å².